The lowest BCUT2D eigenvalue weighted by Gasteiger charge is -2.05. The van der Waals surface area contributed by atoms with Crippen LogP contribution in [0.25, 0.3) is 22.5 Å². The molecule has 96 valence electrons. The molecule has 0 N–H and O–H groups in total. The lowest BCUT2D eigenvalue weighted by molar-refractivity contribution is 1.00. The van der Waals surface area contributed by atoms with Gasteiger partial charge in [-0.15, -0.1) is 0 Å². The summed E-state index contributed by atoms with van der Waals surface area (Å²) in [6.07, 6.45) is 12.5. The molecule has 0 saturated carbocycles. The molecule has 0 spiro atoms. The third-order valence-electron chi connectivity index (χ3n) is 3.08. The van der Waals surface area contributed by atoms with Crippen molar-refractivity contribution in [2.75, 3.05) is 0 Å². The van der Waals surface area contributed by atoms with Gasteiger partial charge in [-0.3, -0.25) is 9.55 Å². The van der Waals surface area contributed by atoms with E-state index >= 15 is 0 Å². The van der Waals surface area contributed by atoms with Gasteiger partial charge >= 0.3 is 0 Å². The lowest BCUT2D eigenvalue weighted by atomic mass is 10.3. The number of hydrogen-bond acceptors (Lipinski definition) is 4. The minimum absolute atomic E-state index is 0.819. The Labute approximate surface area is 114 Å². The molecule has 0 fully saturated rings. The summed E-state index contributed by atoms with van der Waals surface area (Å²) < 4.78 is 3.77. The SMILES string of the molecule is c1cn(-c2cnc3ccc(-n4ccnc4)nc3c2)cn1. The van der Waals surface area contributed by atoms with Crippen molar-refractivity contribution < 1.29 is 0 Å². The highest BCUT2D eigenvalue weighted by Crippen LogP contribution is 2.16. The van der Waals surface area contributed by atoms with E-state index in [1.54, 1.807) is 25.0 Å². The Morgan fingerprint density at radius 1 is 0.850 bits per heavy atom. The van der Waals surface area contributed by atoms with Crippen molar-refractivity contribution in [3.05, 3.63) is 61.8 Å². The number of pyridine rings is 2. The van der Waals surface area contributed by atoms with E-state index < -0.39 is 0 Å². The highest BCUT2D eigenvalue weighted by Gasteiger charge is 2.03. The first-order valence-electron chi connectivity index (χ1n) is 6.14. The van der Waals surface area contributed by atoms with Crippen molar-refractivity contribution in [1.82, 2.24) is 29.1 Å². The number of rotatable bonds is 2. The average molecular weight is 262 g/mol. The summed E-state index contributed by atoms with van der Waals surface area (Å²) in [6.45, 7) is 0. The quantitative estimate of drug-likeness (QED) is 0.554. The van der Waals surface area contributed by atoms with Crippen LogP contribution in [0.3, 0.4) is 0 Å². The van der Waals surface area contributed by atoms with E-state index in [9.17, 15) is 0 Å². The van der Waals surface area contributed by atoms with E-state index in [1.807, 2.05) is 45.9 Å². The second-order valence-corrected chi connectivity index (χ2v) is 4.34. The van der Waals surface area contributed by atoms with Crippen molar-refractivity contribution in [3.63, 3.8) is 0 Å². The molecular weight excluding hydrogens is 252 g/mol. The predicted molar refractivity (Wildman–Crippen MR) is 73.8 cm³/mol. The third-order valence-corrected chi connectivity index (χ3v) is 3.08. The smallest absolute Gasteiger partial charge is 0.138 e. The van der Waals surface area contributed by atoms with Gasteiger partial charge in [0.05, 0.1) is 29.2 Å². The summed E-state index contributed by atoms with van der Waals surface area (Å²) in [5, 5.41) is 0. The Bertz CT molecular complexity index is 780. The molecule has 0 radical (unpaired) electrons. The van der Waals surface area contributed by atoms with Gasteiger partial charge in [0.15, 0.2) is 0 Å². The van der Waals surface area contributed by atoms with Crippen LogP contribution >= 0.6 is 0 Å². The van der Waals surface area contributed by atoms with Gasteiger partial charge in [0.25, 0.3) is 0 Å². The first-order chi connectivity index (χ1) is 9.90. The molecule has 0 aliphatic carbocycles. The second-order valence-electron chi connectivity index (χ2n) is 4.34. The molecule has 0 unspecified atom stereocenters. The number of imidazole rings is 2. The Hall–Kier alpha value is -3.02. The van der Waals surface area contributed by atoms with Gasteiger partial charge in [-0.2, -0.15) is 0 Å². The Balaban J connectivity index is 1.88. The van der Waals surface area contributed by atoms with E-state index in [2.05, 4.69) is 19.9 Å². The minimum atomic E-state index is 0.819. The van der Waals surface area contributed by atoms with E-state index in [1.165, 1.54) is 0 Å². The Kier molecular flexibility index (Phi) is 2.32. The first-order valence-corrected chi connectivity index (χ1v) is 6.14. The molecule has 4 aromatic rings. The molecule has 0 amide bonds. The van der Waals surface area contributed by atoms with Crippen LogP contribution in [0.1, 0.15) is 0 Å². The minimum Gasteiger partial charge on any atom is -0.305 e. The zero-order chi connectivity index (χ0) is 13.4. The van der Waals surface area contributed by atoms with Gasteiger partial charge in [-0.05, 0) is 18.2 Å². The van der Waals surface area contributed by atoms with Crippen molar-refractivity contribution in [2.45, 2.75) is 0 Å². The van der Waals surface area contributed by atoms with Crippen molar-refractivity contribution in [3.8, 4) is 11.5 Å². The van der Waals surface area contributed by atoms with E-state index in [0.717, 1.165) is 22.5 Å². The lowest BCUT2D eigenvalue weighted by Crippen LogP contribution is -1.97. The normalized spacial score (nSPS) is 11.0. The van der Waals surface area contributed by atoms with Crippen LogP contribution in [0.2, 0.25) is 0 Å². The molecule has 6 heteroatoms. The number of aromatic nitrogens is 6. The van der Waals surface area contributed by atoms with E-state index in [-0.39, 0.29) is 0 Å². The third kappa shape index (κ3) is 1.74. The highest BCUT2D eigenvalue weighted by molar-refractivity contribution is 5.76. The molecule has 0 atom stereocenters. The summed E-state index contributed by atoms with van der Waals surface area (Å²) in [5.74, 6) is 0.819. The molecule has 6 nitrogen and oxygen atoms in total. The maximum atomic E-state index is 4.61. The Morgan fingerprint density at radius 3 is 2.40 bits per heavy atom. The van der Waals surface area contributed by atoms with Gasteiger partial charge < -0.3 is 4.57 Å². The fourth-order valence-electron chi connectivity index (χ4n) is 2.08. The fraction of sp³-hybridized carbons (Fsp3) is 0. The maximum Gasteiger partial charge on any atom is 0.138 e. The summed E-state index contributed by atoms with van der Waals surface area (Å²) >= 11 is 0. The first kappa shape index (κ1) is 10.9. The molecule has 20 heavy (non-hydrogen) atoms. The molecule has 0 bridgehead atoms. The Morgan fingerprint density at radius 2 is 1.65 bits per heavy atom. The monoisotopic (exact) mass is 262 g/mol. The summed E-state index contributed by atoms with van der Waals surface area (Å²) in [7, 11) is 0. The van der Waals surface area contributed by atoms with Gasteiger partial charge in [0.2, 0.25) is 0 Å². The van der Waals surface area contributed by atoms with Gasteiger partial charge in [0, 0.05) is 24.8 Å². The van der Waals surface area contributed by atoms with Crippen LogP contribution in [0.4, 0.5) is 0 Å². The highest BCUT2D eigenvalue weighted by atomic mass is 15.1. The van der Waals surface area contributed by atoms with Gasteiger partial charge in [-0.1, -0.05) is 0 Å². The van der Waals surface area contributed by atoms with Crippen LogP contribution in [-0.2, 0) is 0 Å². The van der Waals surface area contributed by atoms with Gasteiger partial charge in [0.1, 0.15) is 12.1 Å². The van der Waals surface area contributed by atoms with Crippen LogP contribution in [-0.4, -0.2) is 29.1 Å². The summed E-state index contributed by atoms with van der Waals surface area (Å²) in [4.78, 5) is 17.1. The molecule has 4 aromatic heterocycles. The maximum absolute atomic E-state index is 4.61. The number of nitrogens with zero attached hydrogens (tertiary/aromatic N) is 6. The predicted octanol–water partition coefficient (Wildman–Crippen LogP) is 2.00. The van der Waals surface area contributed by atoms with Crippen molar-refractivity contribution in [2.24, 2.45) is 0 Å². The number of fused-ring (bicyclic) bond motifs is 1. The number of hydrogen-bond donors (Lipinski definition) is 0. The summed E-state index contributed by atoms with van der Waals surface area (Å²) in [5.41, 5.74) is 2.63. The standard InChI is InChI=1S/C14H10N6/c1-2-14(20-6-4-16-10-20)18-13-7-11(8-17-12(1)13)19-5-3-15-9-19/h1-10H. The molecule has 0 aliphatic rings. The summed E-state index contributed by atoms with van der Waals surface area (Å²) in [6, 6.07) is 5.87. The van der Waals surface area contributed by atoms with Crippen LogP contribution in [0.15, 0.2) is 61.8 Å². The van der Waals surface area contributed by atoms with Crippen LogP contribution < -0.4 is 0 Å². The van der Waals surface area contributed by atoms with E-state index in [0.29, 0.717) is 0 Å². The fourth-order valence-corrected chi connectivity index (χ4v) is 2.08. The molecule has 0 aromatic carbocycles. The van der Waals surface area contributed by atoms with Crippen LogP contribution in [0.5, 0.6) is 0 Å². The topological polar surface area (TPSA) is 61.4 Å². The van der Waals surface area contributed by atoms with E-state index in [4.69, 9.17) is 0 Å². The second kappa shape index (κ2) is 4.27. The van der Waals surface area contributed by atoms with Crippen LogP contribution in [0, 0.1) is 0 Å². The zero-order valence-corrected chi connectivity index (χ0v) is 10.5. The van der Waals surface area contributed by atoms with Crippen molar-refractivity contribution in [1.29, 1.82) is 0 Å². The largest absolute Gasteiger partial charge is 0.305 e. The molecule has 4 heterocycles. The molecule has 0 aliphatic heterocycles. The molecule has 0 saturated heterocycles. The average Bonchev–Trinajstić information content (AvgIpc) is 3.19. The van der Waals surface area contributed by atoms with Crippen molar-refractivity contribution >= 4 is 11.0 Å². The molecular formula is C14H10N6. The van der Waals surface area contributed by atoms with Gasteiger partial charge in [-0.25, -0.2) is 15.0 Å². The molecule has 4 rings (SSSR count). The zero-order valence-electron chi connectivity index (χ0n) is 10.5.